The minimum atomic E-state index is -1.13. The molecule has 19 heavy (non-hydrogen) atoms. The minimum absolute atomic E-state index is 0.112. The van der Waals surface area contributed by atoms with Gasteiger partial charge in [0.25, 0.3) is 0 Å². The Bertz CT molecular complexity index is 577. The molecule has 1 N–H and O–H groups in total. The van der Waals surface area contributed by atoms with Crippen molar-refractivity contribution in [3.8, 4) is 11.4 Å². The van der Waals surface area contributed by atoms with E-state index in [-0.39, 0.29) is 12.3 Å². The second kappa shape index (κ2) is 5.49. The number of rotatable bonds is 5. The molecule has 7 nitrogen and oxygen atoms in total. The fourth-order valence-electron chi connectivity index (χ4n) is 1.66. The Labute approximate surface area is 109 Å². The van der Waals surface area contributed by atoms with Gasteiger partial charge in [0, 0.05) is 7.11 Å². The van der Waals surface area contributed by atoms with E-state index in [2.05, 4.69) is 10.3 Å². The number of carboxylic acids is 1. The lowest BCUT2D eigenvalue weighted by Gasteiger charge is -2.07. The molecule has 0 atom stereocenters. The van der Waals surface area contributed by atoms with Crippen molar-refractivity contribution in [2.24, 2.45) is 0 Å². The minimum Gasteiger partial charge on any atom is -0.497 e. The van der Waals surface area contributed by atoms with Crippen molar-refractivity contribution >= 4 is 5.97 Å². The molecule has 0 saturated carbocycles. The molecule has 0 saturated heterocycles. The van der Waals surface area contributed by atoms with Crippen LogP contribution < -0.4 is 4.74 Å². The number of hydrogen-bond donors (Lipinski definition) is 1. The second-order valence-corrected chi connectivity index (χ2v) is 3.73. The van der Waals surface area contributed by atoms with Gasteiger partial charge in [0.05, 0.1) is 19.4 Å². The predicted molar refractivity (Wildman–Crippen MR) is 65.6 cm³/mol. The molecule has 2 aromatic rings. The number of carbonyl (C=O) groups is 1. The molecule has 0 amide bonds. The molecular formula is C12H13N3O4. The number of ether oxygens (including phenoxy) is 2. The van der Waals surface area contributed by atoms with Gasteiger partial charge >= 0.3 is 5.97 Å². The molecule has 0 bridgehead atoms. The Kier molecular flexibility index (Phi) is 3.76. The van der Waals surface area contributed by atoms with Crippen LogP contribution in [0.5, 0.6) is 5.75 Å². The molecule has 100 valence electrons. The Balaban J connectivity index is 2.45. The quantitative estimate of drug-likeness (QED) is 0.869. The first-order valence-corrected chi connectivity index (χ1v) is 5.48. The lowest BCUT2D eigenvalue weighted by atomic mass is 10.2. The molecule has 7 heteroatoms. The van der Waals surface area contributed by atoms with E-state index >= 15 is 0 Å². The van der Waals surface area contributed by atoms with Gasteiger partial charge in [-0.25, -0.2) is 9.48 Å². The van der Waals surface area contributed by atoms with Crippen molar-refractivity contribution in [2.75, 3.05) is 14.2 Å². The lowest BCUT2D eigenvalue weighted by molar-refractivity contribution is 0.0685. The molecule has 1 aromatic heterocycles. The Hall–Kier alpha value is -2.41. The van der Waals surface area contributed by atoms with Gasteiger partial charge in [0.1, 0.15) is 11.4 Å². The van der Waals surface area contributed by atoms with Gasteiger partial charge in [-0.3, -0.25) is 0 Å². The number of methoxy groups -OCH3 is 2. The molecule has 0 unspecified atom stereocenters. The molecule has 0 aliphatic heterocycles. The zero-order chi connectivity index (χ0) is 13.8. The zero-order valence-electron chi connectivity index (χ0n) is 10.5. The maximum Gasteiger partial charge on any atom is 0.358 e. The van der Waals surface area contributed by atoms with Crippen molar-refractivity contribution in [3.63, 3.8) is 0 Å². The summed E-state index contributed by atoms with van der Waals surface area (Å²) in [5, 5.41) is 16.5. The number of aromatic nitrogens is 3. The summed E-state index contributed by atoms with van der Waals surface area (Å²) in [5.74, 6) is -0.428. The largest absolute Gasteiger partial charge is 0.497 e. The topological polar surface area (TPSA) is 86.5 Å². The normalized spacial score (nSPS) is 10.4. The molecule has 0 aliphatic carbocycles. The lowest BCUT2D eigenvalue weighted by Crippen LogP contribution is -2.07. The molecular weight excluding hydrogens is 250 g/mol. The fraction of sp³-hybridized carbons (Fsp3) is 0.250. The average Bonchev–Trinajstić information content (AvgIpc) is 2.83. The second-order valence-electron chi connectivity index (χ2n) is 3.73. The van der Waals surface area contributed by atoms with E-state index in [9.17, 15) is 4.79 Å². The maximum absolute atomic E-state index is 11.1. The molecule has 0 aliphatic rings. The summed E-state index contributed by atoms with van der Waals surface area (Å²) in [6.07, 6.45) is 0. The molecule has 1 aromatic carbocycles. The van der Waals surface area contributed by atoms with Gasteiger partial charge in [-0.1, -0.05) is 5.21 Å². The summed E-state index contributed by atoms with van der Waals surface area (Å²) in [6, 6.07) is 7.04. The number of aromatic carboxylic acids is 1. The highest BCUT2D eigenvalue weighted by atomic mass is 16.5. The van der Waals surface area contributed by atoms with Crippen molar-refractivity contribution in [3.05, 3.63) is 35.7 Å². The summed E-state index contributed by atoms with van der Waals surface area (Å²) in [5.41, 5.74) is 0.964. The SMILES string of the molecule is COCc1c(C(=O)O)nnn1-c1ccc(OC)cc1. The van der Waals surface area contributed by atoms with E-state index in [1.807, 2.05) is 0 Å². The van der Waals surface area contributed by atoms with Crippen LogP contribution in [0.25, 0.3) is 5.69 Å². The number of benzene rings is 1. The maximum atomic E-state index is 11.1. The van der Waals surface area contributed by atoms with Gasteiger partial charge in [-0.15, -0.1) is 5.10 Å². The highest BCUT2D eigenvalue weighted by Gasteiger charge is 2.19. The van der Waals surface area contributed by atoms with Crippen LogP contribution in [0, 0.1) is 0 Å². The van der Waals surface area contributed by atoms with Crippen LogP contribution in [0.1, 0.15) is 16.2 Å². The highest BCUT2D eigenvalue weighted by Crippen LogP contribution is 2.17. The standard InChI is InChI=1S/C12H13N3O4/c1-18-7-10-11(12(16)17)13-14-15(10)8-3-5-9(19-2)6-4-8/h3-6H,7H2,1-2H3,(H,16,17). The first-order valence-electron chi connectivity index (χ1n) is 5.48. The van der Waals surface area contributed by atoms with Gasteiger partial charge in [0.15, 0.2) is 5.69 Å². The number of carboxylic acid groups (broad SMARTS) is 1. The van der Waals surface area contributed by atoms with Crippen molar-refractivity contribution in [1.29, 1.82) is 0 Å². The van der Waals surface area contributed by atoms with E-state index in [1.165, 1.54) is 11.8 Å². The van der Waals surface area contributed by atoms with Crippen molar-refractivity contribution in [1.82, 2.24) is 15.0 Å². The molecule has 0 fully saturated rings. The van der Waals surface area contributed by atoms with Crippen LogP contribution in [0.15, 0.2) is 24.3 Å². The third-order valence-electron chi connectivity index (χ3n) is 2.56. The monoisotopic (exact) mass is 263 g/mol. The van der Waals surface area contributed by atoms with Crippen LogP contribution in [-0.2, 0) is 11.3 Å². The Morgan fingerprint density at radius 1 is 1.32 bits per heavy atom. The van der Waals surface area contributed by atoms with Crippen molar-refractivity contribution < 1.29 is 19.4 Å². The van der Waals surface area contributed by atoms with Crippen LogP contribution >= 0.6 is 0 Å². The van der Waals surface area contributed by atoms with E-state index < -0.39 is 5.97 Å². The zero-order valence-corrected chi connectivity index (χ0v) is 10.5. The molecule has 0 spiro atoms. The average molecular weight is 263 g/mol. The first kappa shape index (κ1) is 13.0. The highest BCUT2D eigenvalue weighted by molar-refractivity contribution is 5.86. The van der Waals surface area contributed by atoms with Crippen molar-refractivity contribution in [2.45, 2.75) is 6.61 Å². The van der Waals surface area contributed by atoms with Gasteiger partial charge in [-0.2, -0.15) is 0 Å². The Morgan fingerprint density at radius 2 is 2.00 bits per heavy atom. The molecule has 0 radical (unpaired) electrons. The third-order valence-corrected chi connectivity index (χ3v) is 2.56. The number of hydrogen-bond acceptors (Lipinski definition) is 5. The summed E-state index contributed by atoms with van der Waals surface area (Å²) in [7, 11) is 3.06. The third kappa shape index (κ3) is 2.55. The number of nitrogens with zero attached hydrogens (tertiary/aromatic N) is 3. The van der Waals surface area contributed by atoms with Gasteiger partial charge in [0.2, 0.25) is 0 Å². The van der Waals surface area contributed by atoms with E-state index in [0.717, 1.165) is 0 Å². The summed E-state index contributed by atoms with van der Waals surface area (Å²) >= 11 is 0. The van der Waals surface area contributed by atoms with Gasteiger partial charge < -0.3 is 14.6 Å². The van der Waals surface area contributed by atoms with Crippen LogP contribution in [-0.4, -0.2) is 40.3 Å². The molecule has 2 rings (SSSR count). The van der Waals surface area contributed by atoms with Gasteiger partial charge in [-0.05, 0) is 24.3 Å². The van der Waals surface area contributed by atoms with E-state index in [4.69, 9.17) is 14.6 Å². The van der Waals surface area contributed by atoms with Crippen LogP contribution in [0.4, 0.5) is 0 Å². The summed E-state index contributed by atoms with van der Waals surface area (Å²) in [6.45, 7) is 0.112. The first-order chi connectivity index (χ1) is 9.17. The van der Waals surface area contributed by atoms with E-state index in [0.29, 0.717) is 17.1 Å². The van der Waals surface area contributed by atoms with Crippen LogP contribution in [0.3, 0.4) is 0 Å². The smallest absolute Gasteiger partial charge is 0.358 e. The van der Waals surface area contributed by atoms with E-state index in [1.54, 1.807) is 31.4 Å². The van der Waals surface area contributed by atoms with Crippen LogP contribution in [0.2, 0.25) is 0 Å². The Morgan fingerprint density at radius 3 is 2.53 bits per heavy atom. The fourth-order valence-corrected chi connectivity index (χ4v) is 1.66. The summed E-state index contributed by atoms with van der Waals surface area (Å²) < 4.78 is 11.5. The molecule has 1 heterocycles. The predicted octanol–water partition coefficient (Wildman–Crippen LogP) is 1.12. The summed E-state index contributed by atoms with van der Waals surface area (Å²) in [4.78, 5) is 11.1.